The van der Waals surface area contributed by atoms with E-state index in [2.05, 4.69) is 0 Å². The topological polar surface area (TPSA) is 63.6 Å². The predicted molar refractivity (Wildman–Crippen MR) is 60.0 cm³/mol. The first kappa shape index (κ1) is 14.3. The Morgan fingerprint density at radius 2 is 1.93 bits per heavy atom. The van der Waals surface area contributed by atoms with Gasteiger partial charge in [0.1, 0.15) is 5.60 Å². The highest BCUT2D eigenvalue weighted by Crippen LogP contribution is 2.15. The molecule has 5 heteroatoms. The minimum Gasteiger partial charge on any atom is -0.481 e. The molecule has 0 aliphatic heterocycles. The molecular formula is C10H18O4S. The molecule has 0 aromatic heterocycles. The van der Waals surface area contributed by atoms with Crippen LogP contribution in [0.4, 0.5) is 0 Å². The van der Waals surface area contributed by atoms with Crippen LogP contribution in [0.5, 0.6) is 0 Å². The molecule has 15 heavy (non-hydrogen) atoms. The summed E-state index contributed by atoms with van der Waals surface area (Å²) in [6, 6.07) is 0. The molecule has 0 aliphatic carbocycles. The molecule has 0 aromatic rings. The molecule has 1 atom stereocenters. The first-order valence-corrected chi connectivity index (χ1v) is 6.12. The molecular weight excluding hydrogens is 216 g/mol. The maximum atomic E-state index is 11.5. The third-order valence-electron chi connectivity index (χ3n) is 1.60. The van der Waals surface area contributed by atoms with Crippen LogP contribution in [-0.2, 0) is 14.3 Å². The van der Waals surface area contributed by atoms with Gasteiger partial charge in [-0.05, 0) is 39.2 Å². The number of carboxylic acid groups (broad SMARTS) is 1. The van der Waals surface area contributed by atoms with Crippen LogP contribution in [0.2, 0.25) is 0 Å². The quantitative estimate of drug-likeness (QED) is 0.580. The zero-order valence-corrected chi connectivity index (χ0v) is 10.4. The maximum absolute atomic E-state index is 11.5. The second-order valence-corrected chi connectivity index (χ2v) is 5.19. The number of thioether (sulfide) groups is 1. The van der Waals surface area contributed by atoms with Crippen molar-refractivity contribution in [3.63, 3.8) is 0 Å². The molecule has 0 unspecified atom stereocenters. The van der Waals surface area contributed by atoms with Crippen LogP contribution >= 0.6 is 11.8 Å². The van der Waals surface area contributed by atoms with Gasteiger partial charge in [0.05, 0.1) is 0 Å². The summed E-state index contributed by atoms with van der Waals surface area (Å²) in [5.41, 5.74) is -0.635. The fourth-order valence-electron chi connectivity index (χ4n) is 0.951. The first-order valence-electron chi connectivity index (χ1n) is 4.72. The molecule has 0 spiro atoms. The van der Waals surface area contributed by atoms with Crippen LogP contribution in [-0.4, -0.2) is 34.7 Å². The van der Waals surface area contributed by atoms with Crippen molar-refractivity contribution in [2.75, 3.05) is 12.0 Å². The van der Waals surface area contributed by atoms with E-state index >= 15 is 0 Å². The van der Waals surface area contributed by atoms with Crippen molar-refractivity contribution in [3.05, 3.63) is 0 Å². The summed E-state index contributed by atoms with van der Waals surface area (Å²) in [5.74, 6) is -2.17. The van der Waals surface area contributed by atoms with Crippen LogP contribution in [0.15, 0.2) is 0 Å². The molecule has 0 radical (unpaired) electrons. The van der Waals surface area contributed by atoms with Crippen molar-refractivity contribution in [3.8, 4) is 0 Å². The minimum atomic E-state index is -1.11. The highest BCUT2D eigenvalue weighted by Gasteiger charge is 2.30. The number of esters is 1. The summed E-state index contributed by atoms with van der Waals surface area (Å²) in [7, 11) is 0. The van der Waals surface area contributed by atoms with Crippen LogP contribution in [0.3, 0.4) is 0 Å². The number of rotatable bonds is 5. The van der Waals surface area contributed by atoms with Crippen molar-refractivity contribution in [2.24, 2.45) is 5.92 Å². The van der Waals surface area contributed by atoms with Gasteiger partial charge in [0.2, 0.25) is 0 Å². The van der Waals surface area contributed by atoms with Gasteiger partial charge in [-0.3, -0.25) is 9.59 Å². The third kappa shape index (κ3) is 6.38. The molecule has 0 saturated heterocycles. The normalized spacial score (nSPS) is 13.3. The fraction of sp³-hybridized carbons (Fsp3) is 0.800. The van der Waals surface area contributed by atoms with Gasteiger partial charge in [0.15, 0.2) is 5.92 Å². The summed E-state index contributed by atoms with van der Waals surface area (Å²) in [6.07, 6.45) is 2.18. The number of hydrogen-bond donors (Lipinski definition) is 1. The lowest BCUT2D eigenvalue weighted by molar-refractivity contribution is -0.166. The van der Waals surface area contributed by atoms with Gasteiger partial charge in [-0.1, -0.05) is 0 Å². The molecule has 0 bridgehead atoms. The van der Waals surface area contributed by atoms with E-state index in [0.29, 0.717) is 12.2 Å². The summed E-state index contributed by atoms with van der Waals surface area (Å²) in [5, 5.41) is 8.86. The molecule has 0 aliphatic rings. The van der Waals surface area contributed by atoms with E-state index in [4.69, 9.17) is 9.84 Å². The molecule has 88 valence electrons. The second-order valence-electron chi connectivity index (χ2n) is 4.21. The van der Waals surface area contributed by atoms with E-state index in [1.54, 1.807) is 20.8 Å². The Labute approximate surface area is 94.4 Å². The second kappa shape index (κ2) is 6.00. The molecule has 1 N–H and O–H groups in total. The Bertz CT molecular complexity index is 232. The number of aliphatic carboxylic acids is 1. The Hall–Kier alpha value is -0.710. The first-order chi connectivity index (χ1) is 6.78. The Morgan fingerprint density at radius 1 is 1.40 bits per heavy atom. The lowest BCUT2D eigenvalue weighted by atomic mass is 10.1. The monoisotopic (exact) mass is 234 g/mol. The van der Waals surface area contributed by atoms with Crippen LogP contribution in [0.25, 0.3) is 0 Å². The van der Waals surface area contributed by atoms with E-state index < -0.39 is 23.5 Å². The van der Waals surface area contributed by atoms with Gasteiger partial charge in [-0.2, -0.15) is 11.8 Å². The molecule has 0 heterocycles. The number of carboxylic acids is 1. The average molecular weight is 234 g/mol. The van der Waals surface area contributed by atoms with Gasteiger partial charge in [-0.15, -0.1) is 0 Å². The van der Waals surface area contributed by atoms with E-state index in [9.17, 15) is 9.59 Å². The predicted octanol–water partition coefficient (Wildman–Crippen LogP) is 1.78. The van der Waals surface area contributed by atoms with Crippen molar-refractivity contribution in [2.45, 2.75) is 32.8 Å². The molecule has 0 rings (SSSR count). The highest BCUT2D eigenvalue weighted by molar-refractivity contribution is 7.98. The van der Waals surface area contributed by atoms with Crippen molar-refractivity contribution >= 4 is 23.7 Å². The van der Waals surface area contributed by atoms with Crippen LogP contribution in [0.1, 0.15) is 27.2 Å². The average Bonchev–Trinajstić information content (AvgIpc) is 2.00. The van der Waals surface area contributed by atoms with Crippen molar-refractivity contribution in [1.82, 2.24) is 0 Å². The molecule has 0 amide bonds. The zero-order valence-electron chi connectivity index (χ0n) is 9.57. The van der Waals surface area contributed by atoms with Crippen LogP contribution < -0.4 is 0 Å². The lowest BCUT2D eigenvalue weighted by Gasteiger charge is -2.22. The minimum absolute atomic E-state index is 0.311. The van der Waals surface area contributed by atoms with Crippen LogP contribution in [0, 0.1) is 5.92 Å². The molecule has 4 nitrogen and oxygen atoms in total. The molecule has 0 aromatic carbocycles. The molecule has 0 fully saturated rings. The van der Waals surface area contributed by atoms with Gasteiger partial charge < -0.3 is 9.84 Å². The standard InChI is InChI=1S/C10H18O4S/c1-10(2,3)14-9(13)7(8(11)12)5-6-15-4/h7H,5-6H2,1-4H3,(H,11,12)/t7-/m0/s1. The Balaban J connectivity index is 4.36. The van der Waals surface area contributed by atoms with E-state index in [1.165, 1.54) is 11.8 Å². The number of ether oxygens (including phenoxy) is 1. The van der Waals surface area contributed by atoms with Crippen molar-refractivity contribution < 1.29 is 19.4 Å². The third-order valence-corrected chi connectivity index (χ3v) is 2.24. The van der Waals surface area contributed by atoms with Gasteiger partial charge in [0, 0.05) is 0 Å². The zero-order chi connectivity index (χ0) is 12.1. The van der Waals surface area contributed by atoms with E-state index in [0.717, 1.165) is 0 Å². The van der Waals surface area contributed by atoms with Gasteiger partial charge in [-0.25, -0.2) is 0 Å². The number of carbonyl (C=O) groups excluding carboxylic acids is 1. The largest absolute Gasteiger partial charge is 0.481 e. The lowest BCUT2D eigenvalue weighted by Crippen LogP contribution is -2.33. The fourth-order valence-corrected chi connectivity index (χ4v) is 1.42. The number of hydrogen-bond acceptors (Lipinski definition) is 4. The summed E-state index contributed by atoms with van der Waals surface area (Å²) in [6.45, 7) is 5.16. The maximum Gasteiger partial charge on any atom is 0.320 e. The Kier molecular flexibility index (Phi) is 5.72. The van der Waals surface area contributed by atoms with Gasteiger partial charge >= 0.3 is 11.9 Å². The van der Waals surface area contributed by atoms with Gasteiger partial charge in [0.25, 0.3) is 0 Å². The summed E-state index contributed by atoms with van der Waals surface area (Å²) < 4.78 is 5.03. The van der Waals surface area contributed by atoms with E-state index in [1.807, 2.05) is 6.26 Å². The van der Waals surface area contributed by atoms with E-state index in [-0.39, 0.29) is 0 Å². The smallest absolute Gasteiger partial charge is 0.320 e. The van der Waals surface area contributed by atoms with Crippen molar-refractivity contribution in [1.29, 1.82) is 0 Å². The molecule has 0 saturated carbocycles. The number of carbonyl (C=O) groups is 2. The summed E-state index contributed by atoms with van der Waals surface area (Å²) >= 11 is 1.51. The highest BCUT2D eigenvalue weighted by atomic mass is 32.2. The summed E-state index contributed by atoms with van der Waals surface area (Å²) in [4.78, 5) is 22.3. The SMILES string of the molecule is CSCC[C@@H](C(=O)O)C(=O)OC(C)(C)C. The Morgan fingerprint density at radius 3 is 2.27 bits per heavy atom.